The standard InChI is InChI=1S/C20H22N2O6/c1-3-26-16-8-10-17(11-9-16)27-13-19(24)28-12-18(23)22-15-6-4-14(5-7-15)20(25)21-2/h4-11H,3,12-13H2,1-2H3,(H,21,25)(H,22,23). The molecule has 0 aliphatic rings. The van der Waals surface area contributed by atoms with Crippen LogP contribution in [0, 0.1) is 0 Å². The zero-order chi connectivity index (χ0) is 20.4. The maximum absolute atomic E-state index is 11.8. The van der Waals surface area contributed by atoms with E-state index in [-0.39, 0.29) is 12.5 Å². The predicted molar refractivity (Wildman–Crippen MR) is 103 cm³/mol. The van der Waals surface area contributed by atoms with Gasteiger partial charge in [-0.05, 0) is 55.5 Å². The number of carbonyl (C=O) groups excluding carboxylic acids is 3. The van der Waals surface area contributed by atoms with Gasteiger partial charge in [-0.1, -0.05) is 0 Å². The van der Waals surface area contributed by atoms with Crippen LogP contribution >= 0.6 is 0 Å². The van der Waals surface area contributed by atoms with Crippen molar-refractivity contribution in [3.8, 4) is 11.5 Å². The van der Waals surface area contributed by atoms with Gasteiger partial charge in [-0.25, -0.2) is 4.79 Å². The van der Waals surface area contributed by atoms with Gasteiger partial charge in [0.2, 0.25) is 0 Å². The third-order valence-corrected chi connectivity index (χ3v) is 3.51. The highest BCUT2D eigenvalue weighted by molar-refractivity contribution is 5.96. The SMILES string of the molecule is CCOc1ccc(OCC(=O)OCC(=O)Nc2ccc(C(=O)NC)cc2)cc1. The normalized spacial score (nSPS) is 9.93. The van der Waals surface area contributed by atoms with Crippen LogP contribution < -0.4 is 20.1 Å². The Kier molecular flexibility index (Phi) is 7.83. The highest BCUT2D eigenvalue weighted by Gasteiger charge is 2.10. The van der Waals surface area contributed by atoms with Crippen molar-refractivity contribution in [1.29, 1.82) is 0 Å². The Morgan fingerprint density at radius 1 is 0.857 bits per heavy atom. The molecule has 0 unspecified atom stereocenters. The van der Waals surface area contributed by atoms with Crippen molar-refractivity contribution in [2.45, 2.75) is 6.92 Å². The third-order valence-electron chi connectivity index (χ3n) is 3.51. The smallest absolute Gasteiger partial charge is 0.344 e. The van der Waals surface area contributed by atoms with Gasteiger partial charge in [0.15, 0.2) is 13.2 Å². The van der Waals surface area contributed by atoms with Gasteiger partial charge < -0.3 is 24.8 Å². The lowest BCUT2D eigenvalue weighted by Crippen LogP contribution is -2.23. The molecule has 2 N–H and O–H groups in total. The summed E-state index contributed by atoms with van der Waals surface area (Å²) >= 11 is 0. The molecule has 2 aromatic rings. The number of hydrogen-bond donors (Lipinski definition) is 2. The fraction of sp³-hybridized carbons (Fsp3) is 0.250. The summed E-state index contributed by atoms with van der Waals surface area (Å²) in [4.78, 5) is 35.0. The lowest BCUT2D eigenvalue weighted by atomic mass is 10.2. The summed E-state index contributed by atoms with van der Waals surface area (Å²) in [5, 5.41) is 5.08. The van der Waals surface area contributed by atoms with E-state index in [0.29, 0.717) is 29.4 Å². The molecule has 0 fully saturated rings. The van der Waals surface area contributed by atoms with Crippen LogP contribution in [0.25, 0.3) is 0 Å². The molecule has 0 saturated heterocycles. The molecule has 2 aromatic carbocycles. The quantitative estimate of drug-likeness (QED) is 0.639. The molecule has 0 heterocycles. The van der Waals surface area contributed by atoms with Crippen LogP contribution in [0.3, 0.4) is 0 Å². The van der Waals surface area contributed by atoms with Crippen molar-refractivity contribution in [3.63, 3.8) is 0 Å². The van der Waals surface area contributed by atoms with Crippen LogP contribution in [-0.4, -0.2) is 44.7 Å². The zero-order valence-corrected chi connectivity index (χ0v) is 15.7. The van der Waals surface area contributed by atoms with Gasteiger partial charge in [-0.3, -0.25) is 9.59 Å². The topological polar surface area (TPSA) is 103 Å². The minimum Gasteiger partial charge on any atom is -0.494 e. The summed E-state index contributed by atoms with van der Waals surface area (Å²) in [6.07, 6.45) is 0. The molecular formula is C20H22N2O6. The molecule has 8 nitrogen and oxygen atoms in total. The number of benzene rings is 2. The lowest BCUT2D eigenvalue weighted by Gasteiger charge is -2.09. The van der Waals surface area contributed by atoms with E-state index in [2.05, 4.69) is 10.6 Å². The first kappa shape index (κ1) is 20.8. The summed E-state index contributed by atoms with van der Waals surface area (Å²) in [5.41, 5.74) is 0.956. The lowest BCUT2D eigenvalue weighted by molar-refractivity contribution is -0.149. The second-order valence-corrected chi connectivity index (χ2v) is 5.56. The first-order chi connectivity index (χ1) is 13.5. The molecule has 0 radical (unpaired) electrons. The van der Waals surface area contributed by atoms with Gasteiger partial charge in [-0.2, -0.15) is 0 Å². The van der Waals surface area contributed by atoms with E-state index < -0.39 is 18.5 Å². The Hall–Kier alpha value is -3.55. The number of amides is 2. The maximum atomic E-state index is 11.8. The molecule has 28 heavy (non-hydrogen) atoms. The molecule has 0 saturated carbocycles. The van der Waals surface area contributed by atoms with E-state index in [9.17, 15) is 14.4 Å². The van der Waals surface area contributed by atoms with E-state index in [1.165, 1.54) is 7.05 Å². The minimum absolute atomic E-state index is 0.223. The fourth-order valence-electron chi connectivity index (χ4n) is 2.18. The molecule has 2 rings (SSSR count). The Labute approximate surface area is 162 Å². The average molecular weight is 386 g/mol. The van der Waals surface area contributed by atoms with Crippen molar-refractivity contribution >= 4 is 23.5 Å². The van der Waals surface area contributed by atoms with Crippen LogP contribution in [0.1, 0.15) is 17.3 Å². The van der Waals surface area contributed by atoms with Gasteiger partial charge in [0.05, 0.1) is 6.61 Å². The van der Waals surface area contributed by atoms with Crippen LogP contribution in [0.2, 0.25) is 0 Å². The van der Waals surface area contributed by atoms with E-state index in [4.69, 9.17) is 14.2 Å². The highest BCUT2D eigenvalue weighted by Crippen LogP contribution is 2.17. The second kappa shape index (κ2) is 10.6. The number of nitrogens with one attached hydrogen (secondary N) is 2. The van der Waals surface area contributed by atoms with Crippen LogP contribution in [0.15, 0.2) is 48.5 Å². The Balaban J connectivity index is 1.71. The van der Waals surface area contributed by atoms with Crippen LogP contribution in [0.4, 0.5) is 5.69 Å². The average Bonchev–Trinajstić information content (AvgIpc) is 2.72. The van der Waals surface area contributed by atoms with Crippen molar-refractivity contribution in [1.82, 2.24) is 5.32 Å². The zero-order valence-electron chi connectivity index (χ0n) is 15.7. The Morgan fingerprint density at radius 2 is 1.46 bits per heavy atom. The number of anilines is 1. The summed E-state index contributed by atoms with van der Waals surface area (Å²) in [6, 6.07) is 13.1. The summed E-state index contributed by atoms with van der Waals surface area (Å²) in [7, 11) is 1.53. The molecule has 0 aliphatic carbocycles. The number of rotatable bonds is 9. The monoisotopic (exact) mass is 386 g/mol. The second-order valence-electron chi connectivity index (χ2n) is 5.56. The summed E-state index contributed by atoms with van der Waals surface area (Å²) < 4.78 is 15.5. The van der Waals surface area contributed by atoms with E-state index >= 15 is 0 Å². The van der Waals surface area contributed by atoms with Gasteiger partial charge >= 0.3 is 5.97 Å². The Bertz CT molecular complexity index is 802. The number of esters is 1. The fourth-order valence-corrected chi connectivity index (χ4v) is 2.18. The first-order valence-corrected chi connectivity index (χ1v) is 8.65. The molecular weight excluding hydrogens is 364 g/mol. The molecule has 0 aliphatic heterocycles. The maximum Gasteiger partial charge on any atom is 0.344 e. The molecule has 0 spiro atoms. The van der Waals surface area contributed by atoms with E-state index in [1.807, 2.05) is 6.92 Å². The molecule has 0 atom stereocenters. The number of hydrogen-bond acceptors (Lipinski definition) is 6. The van der Waals surface area contributed by atoms with Gasteiger partial charge in [0.1, 0.15) is 11.5 Å². The molecule has 0 aromatic heterocycles. The molecule has 148 valence electrons. The van der Waals surface area contributed by atoms with Crippen LogP contribution in [-0.2, 0) is 14.3 Å². The van der Waals surface area contributed by atoms with Crippen molar-refractivity contribution < 1.29 is 28.6 Å². The van der Waals surface area contributed by atoms with Crippen molar-refractivity contribution in [3.05, 3.63) is 54.1 Å². The van der Waals surface area contributed by atoms with Gasteiger partial charge in [0.25, 0.3) is 11.8 Å². The third kappa shape index (κ3) is 6.64. The van der Waals surface area contributed by atoms with E-state index in [1.54, 1.807) is 48.5 Å². The van der Waals surface area contributed by atoms with E-state index in [0.717, 1.165) is 0 Å². The van der Waals surface area contributed by atoms with Crippen molar-refractivity contribution in [2.75, 3.05) is 32.2 Å². The number of carbonyl (C=O) groups is 3. The minimum atomic E-state index is -0.668. The van der Waals surface area contributed by atoms with Crippen LogP contribution in [0.5, 0.6) is 11.5 Å². The highest BCUT2D eigenvalue weighted by atomic mass is 16.6. The number of ether oxygens (including phenoxy) is 3. The molecule has 8 heteroatoms. The summed E-state index contributed by atoms with van der Waals surface area (Å²) in [5.74, 6) is -0.195. The largest absolute Gasteiger partial charge is 0.494 e. The first-order valence-electron chi connectivity index (χ1n) is 8.65. The molecule has 0 bridgehead atoms. The predicted octanol–water partition coefficient (Wildman–Crippen LogP) is 2.01. The van der Waals surface area contributed by atoms with Gasteiger partial charge in [-0.15, -0.1) is 0 Å². The summed E-state index contributed by atoms with van der Waals surface area (Å²) in [6.45, 7) is 1.69. The van der Waals surface area contributed by atoms with Crippen molar-refractivity contribution in [2.24, 2.45) is 0 Å². The molecule has 2 amide bonds. The van der Waals surface area contributed by atoms with Gasteiger partial charge in [0, 0.05) is 18.3 Å². The Morgan fingerprint density at radius 3 is 2.04 bits per heavy atom.